The van der Waals surface area contributed by atoms with Crippen LogP contribution in [0.5, 0.6) is 0 Å². The van der Waals surface area contributed by atoms with Gasteiger partial charge < -0.3 is 9.73 Å². The summed E-state index contributed by atoms with van der Waals surface area (Å²) in [4.78, 5) is 13.9. The molecule has 0 radical (unpaired) electrons. The lowest BCUT2D eigenvalue weighted by Crippen LogP contribution is -2.14. The van der Waals surface area contributed by atoms with Crippen molar-refractivity contribution >= 4 is 46.4 Å². The molecule has 0 spiro atoms. The molecule has 0 atom stereocenters. The molecule has 2 aromatic heterocycles. The Labute approximate surface area is 234 Å². The smallest absolute Gasteiger partial charge is 0.269 e. The van der Waals surface area contributed by atoms with E-state index in [2.05, 4.69) is 15.5 Å². The minimum absolute atomic E-state index is 0.104. The van der Waals surface area contributed by atoms with Gasteiger partial charge in [0.15, 0.2) is 5.69 Å². The molecule has 5 rings (SSSR count). The highest BCUT2D eigenvalue weighted by molar-refractivity contribution is 6.35. The summed E-state index contributed by atoms with van der Waals surface area (Å²) in [6.45, 7) is 5.87. The number of para-hydroxylation sites is 1. The zero-order chi connectivity index (χ0) is 27.0. The van der Waals surface area contributed by atoms with Crippen LogP contribution >= 0.6 is 34.8 Å². The molecule has 5 aromatic rings. The van der Waals surface area contributed by atoms with Crippen LogP contribution in [0.3, 0.4) is 0 Å². The third kappa shape index (κ3) is 5.18. The Kier molecular flexibility index (Phi) is 7.01. The molecule has 0 bridgehead atoms. The molecule has 10 heteroatoms. The third-order valence-electron chi connectivity index (χ3n) is 5.67. The first-order valence-electron chi connectivity index (χ1n) is 11.7. The number of nitrogens with one attached hydrogen (secondary N) is 1. The predicted molar refractivity (Wildman–Crippen MR) is 150 cm³/mol. The summed E-state index contributed by atoms with van der Waals surface area (Å²) in [6, 6.07) is 21.2. The topological polar surface area (TPSA) is 85.8 Å². The van der Waals surface area contributed by atoms with E-state index in [-0.39, 0.29) is 17.1 Å². The van der Waals surface area contributed by atoms with Crippen LogP contribution < -0.4 is 5.32 Å². The number of anilines is 1. The molecule has 7 nitrogen and oxygen atoms in total. The molecule has 0 aliphatic carbocycles. The normalized spacial score (nSPS) is 11.5. The zero-order valence-electron chi connectivity index (χ0n) is 20.7. The van der Waals surface area contributed by atoms with Crippen LogP contribution in [0.25, 0.3) is 28.5 Å². The average Bonchev–Trinajstić information content (AvgIpc) is 3.51. The Bertz CT molecular complexity index is 1620. The Balaban J connectivity index is 1.80. The molecule has 3 aromatic carbocycles. The maximum absolute atomic E-state index is 13.9. The third-order valence-corrected chi connectivity index (χ3v) is 6.46. The highest BCUT2D eigenvalue weighted by atomic mass is 35.5. The highest BCUT2D eigenvalue weighted by Gasteiger charge is 2.32. The van der Waals surface area contributed by atoms with Gasteiger partial charge in [0.2, 0.25) is 5.89 Å². The van der Waals surface area contributed by atoms with Crippen molar-refractivity contribution in [2.75, 3.05) is 5.32 Å². The molecule has 0 saturated carbocycles. The van der Waals surface area contributed by atoms with E-state index in [0.717, 1.165) is 0 Å². The molecule has 0 fully saturated rings. The van der Waals surface area contributed by atoms with Crippen LogP contribution in [0.2, 0.25) is 15.1 Å². The number of rotatable bonds is 5. The van der Waals surface area contributed by atoms with Gasteiger partial charge in [0.05, 0.1) is 22.0 Å². The second kappa shape index (κ2) is 10.3. The molecule has 0 aliphatic rings. The Hall–Kier alpha value is -3.65. The molecule has 2 heterocycles. The fraction of sp³-hybridized carbons (Fsp3) is 0.143. The molecule has 0 unspecified atom stereocenters. The van der Waals surface area contributed by atoms with Gasteiger partial charge >= 0.3 is 0 Å². The minimum Gasteiger partial charge on any atom is -0.419 e. The van der Waals surface area contributed by atoms with E-state index in [1.807, 2.05) is 39.0 Å². The molecule has 1 N–H and O–H groups in total. The van der Waals surface area contributed by atoms with E-state index in [1.165, 1.54) is 0 Å². The van der Waals surface area contributed by atoms with Crippen molar-refractivity contribution in [3.63, 3.8) is 0 Å². The Morgan fingerprint density at radius 1 is 0.895 bits per heavy atom. The van der Waals surface area contributed by atoms with Crippen LogP contribution in [0.15, 0.2) is 77.2 Å². The number of nitrogens with zero attached hydrogens (tertiary/aromatic N) is 4. The van der Waals surface area contributed by atoms with Crippen LogP contribution in [0.4, 0.5) is 5.69 Å². The van der Waals surface area contributed by atoms with Crippen molar-refractivity contribution in [2.24, 2.45) is 0 Å². The lowest BCUT2D eigenvalue weighted by Gasteiger charge is -2.12. The van der Waals surface area contributed by atoms with E-state index in [9.17, 15) is 4.79 Å². The van der Waals surface area contributed by atoms with Gasteiger partial charge in [-0.2, -0.15) is 5.10 Å². The number of benzene rings is 3. The van der Waals surface area contributed by atoms with Crippen molar-refractivity contribution in [2.45, 2.75) is 26.2 Å². The van der Waals surface area contributed by atoms with Gasteiger partial charge in [-0.1, -0.05) is 85.9 Å². The van der Waals surface area contributed by atoms with Gasteiger partial charge in [-0.25, -0.2) is 4.68 Å². The zero-order valence-corrected chi connectivity index (χ0v) is 22.9. The number of carbonyl (C=O) groups excluding carboxylic acids is 1. The first kappa shape index (κ1) is 26.0. The van der Waals surface area contributed by atoms with Gasteiger partial charge in [-0.15, -0.1) is 10.2 Å². The fourth-order valence-electron chi connectivity index (χ4n) is 3.82. The predicted octanol–water partition coefficient (Wildman–Crippen LogP) is 8.10. The first-order valence-corrected chi connectivity index (χ1v) is 12.8. The van der Waals surface area contributed by atoms with Crippen molar-refractivity contribution in [3.05, 3.63) is 99.3 Å². The maximum atomic E-state index is 13.9. The summed E-state index contributed by atoms with van der Waals surface area (Å²) in [7, 11) is 0. The monoisotopic (exact) mass is 565 g/mol. The number of hydrogen-bond acceptors (Lipinski definition) is 5. The highest BCUT2D eigenvalue weighted by Crippen LogP contribution is 2.38. The summed E-state index contributed by atoms with van der Waals surface area (Å²) in [6.07, 6.45) is 0. The number of aromatic nitrogens is 4. The summed E-state index contributed by atoms with van der Waals surface area (Å²) in [5.41, 5.74) is 2.29. The van der Waals surface area contributed by atoms with E-state index in [0.29, 0.717) is 43.6 Å². The van der Waals surface area contributed by atoms with Crippen molar-refractivity contribution in [1.29, 1.82) is 0 Å². The molecular weight excluding hydrogens is 545 g/mol. The van der Waals surface area contributed by atoms with Gasteiger partial charge in [0.25, 0.3) is 11.8 Å². The molecule has 0 saturated heterocycles. The number of carbonyl (C=O) groups is 1. The van der Waals surface area contributed by atoms with E-state index >= 15 is 0 Å². The SMILES string of the molecule is CC(C)(C)c1nnc(-c2nn(-c3ccc(Cl)cc3Cl)c(-c3ccc(Cl)cc3)c2C(=O)Nc2ccccc2)o1. The maximum Gasteiger partial charge on any atom is 0.269 e. The van der Waals surface area contributed by atoms with Crippen LogP contribution in [0, 0.1) is 0 Å². The molecule has 192 valence electrons. The Morgan fingerprint density at radius 2 is 1.58 bits per heavy atom. The summed E-state index contributed by atoms with van der Waals surface area (Å²) >= 11 is 19.0. The number of amides is 1. The summed E-state index contributed by atoms with van der Waals surface area (Å²) in [5, 5.41) is 17.6. The van der Waals surface area contributed by atoms with Crippen LogP contribution in [0.1, 0.15) is 37.0 Å². The number of halogens is 3. The minimum atomic E-state index is -0.414. The molecule has 1 amide bonds. The quantitative estimate of drug-likeness (QED) is 0.232. The summed E-state index contributed by atoms with van der Waals surface area (Å²) < 4.78 is 7.61. The summed E-state index contributed by atoms with van der Waals surface area (Å²) in [5.74, 6) is 0.101. The molecule has 0 aliphatic heterocycles. The van der Waals surface area contributed by atoms with E-state index in [4.69, 9.17) is 44.3 Å². The van der Waals surface area contributed by atoms with Crippen LogP contribution in [-0.2, 0) is 5.41 Å². The Morgan fingerprint density at radius 3 is 2.21 bits per heavy atom. The second-order valence-electron chi connectivity index (χ2n) is 9.57. The number of hydrogen-bond donors (Lipinski definition) is 1. The van der Waals surface area contributed by atoms with Crippen LogP contribution in [-0.4, -0.2) is 25.9 Å². The average molecular weight is 567 g/mol. The molecule has 38 heavy (non-hydrogen) atoms. The van der Waals surface area contributed by atoms with Gasteiger partial charge in [0, 0.05) is 26.7 Å². The second-order valence-corrected chi connectivity index (χ2v) is 10.8. The van der Waals surface area contributed by atoms with Crippen molar-refractivity contribution in [1.82, 2.24) is 20.0 Å². The van der Waals surface area contributed by atoms with Crippen molar-refractivity contribution < 1.29 is 9.21 Å². The first-order chi connectivity index (χ1) is 18.1. The van der Waals surface area contributed by atoms with E-state index < -0.39 is 11.3 Å². The standard InChI is InChI=1S/C28H22Cl3N5O2/c1-28(2,3)27-34-33-26(38-27)23-22(25(37)32-19-7-5-4-6-8-19)24(16-9-11-17(29)12-10-16)36(35-23)21-14-13-18(30)15-20(21)31/h4-15H,1-3H3,(H,32,37). The van der Waals surface area contributed by atoms with Gasteiger partial charge in [-0.05, 0) is 42.5 Å². The van der Waals surface area contributed by atoms with Crippen molar-refractivity contribution in [3.8, 4) is 28.5 Å². The molecular formula is C28H22Cl3N5O2. The largest absolute Gasteiger partial charge is 0.419 e. The lowest BCUT2D eigenvalue weighted by atomic mass is 9.97. The fourth-order valence-corrected chi connectivity index (χ4v) is 4.44. The van der Waals surface area contributed by atoms with Gasteiger partial charge in [-0.3, -0.25) is 4.79 Å². The lowest BCUT2D eigenvalue weighted by molar-refractivity contribution is 0.102. The van der Waals surface area contributed by atoms with Gasteiger partial charge in [0.1, 0.15) is 0 Å². The van der Waals surface area contributed by atoms with E-state index in [1.54, 1.807) is 59.3 Å².